The second kappa shape index (κ2) is 6.17. The smallest absolute Gasteiger partial charge is 0.253 e. The van der Waals surface area contributed by atoms with Gasteiger partial charge in [-0.05, 0) is 38.3 Å². The van der Waals surface area contributed by atoms with Crippen LogP contribution in [0.25, 0.3) is 0 Å². The average molecular weight is 299 g/mol. The maximum Gasteiger partial charge on any atom is 0.253 e. The Balaban J connectivity index is 1.74. The molecule has 6 heteroatoms. The van der Waals surface area contributed by atoms with E-state index >= 15 is 0 Å². The molecule has 0 atom stereocenters. The van der Waals surface area contributed by atoms with Gasteiger partial charge >= 0.3 is 0 Å². The maximum atomic E-state index is 12.0. The van der Waals surface area contributed by atoms with Crippen molar-refractivity contribution in [3.05, 3.63) is 45.6 Å². The molecule has 0 bridgehead atoms. The summed E-state index contributed by atoms with van der Waals surface area (Å²) in [5.41, 5.74) is 2.57. The topological polar surface area (TPSA) is 73.9 Å². The first-order valence-electron chi connectivity index (χ1n) is 7.64. The van der Waals surface area contributed by atoms with Crippen LogP contribution in [-0.4, -0.2) is 28.0 Å². The lowest BCUT2D eigenvalue weighted by molar-refractivity contribution is 0.923. The number of rotatable bonds is 4. The van der Waals surface area contributed by atoms with Crippen molar-refractivity contribution in [2.45, 2.75) is 33.2 Å². The van der Waals surface area contributed by atoms with Gasteiger partial charge in [0.15, 0.2) is 0 Å². The maximum absolute atomic E-state index is 12.0. The van der Waals surface area contributed by atoms with E-state index in [1.54, 1.807) is 6.33 Å². The molecule has 1 fully saturated rings. The molecule has 3 heterocycles. The van der Waals surface area contributed by atoms with Crippen molar-refractivity contribution in [3.8, 4) is 0 Å². The molecule has 22 heavy (non-hydrogen) atoms. The van der Waals surface area contributed by atoms with E-state index in [1.807, 2.05) is 26.0 Å². The summed E-state index contributed by atoms with van der Waals surface area (Å²) in [7, 11) is 0. The fourth-order valence-corrected chi connectivity index (χ4v) is 2.84. The zero-order valence-corrected chi connectivity index (χ0v) is 13.0. The first-order chi connectivity index (χ1) is 10.6. The van der Waals surface area contributed by atoms with Gasteiger partial charge in [-0.25, -0.2) is 9.97 Å². The van der Waals surface area contributed by atoms with E-state index in [1.165, 1.54) is 12.8 Å². The van der Waals surface area contributed by atoms with Gasteiger partial charge < -0.3 is 15.2 Å². The lowest BCUT2D eigenvalue weighted by Crippen LogP contribution is -2.20. The van der Waals surface area contributed by atoms with E-state index in [-0.39, 0.29) is 5.56 Å². The largest absolute Gasteiger partial charge is 0.366 e. The van der Waals surface area contributed by atoms with E-state index in [0.717, 1.165) is 41.5 Å². The second-order valence-electron chi connectivity index (χ2n) is 5.75. The molecule has 2 N–H and O–H groups in total. The van der Waals surface area contributed by atoms with Crippen LogP contribution in [0.2, 0.25) is 0 Å². The third kappa shape index (κ3) is 3.10. The minimum Gasteiger partial charge on any atom is -0.366 e. The van der Waals surface area contributed by atoms with Gasteiger partial charge in [0.2, 0.25) is 0 Å². The minimum atomic E-state index is -0.0428. The Morgan fingerprint density at radius 1 is 1.23 bits per heavy atom. The number of nitrogens with one attached hydrogen (secondary N) is 2. The highest BCUT2D eigenvalue weighted by atomic mass is 16.1. The fourth-order valence-electron chi connectivity index (χ4n) is 2.84. The molecule has 6 nitrogen and oxygen atoms in total. The van der Waals surface area contributed by atoms with Gasteiger partial charge in [-0.2, -0.15) is 0 Å². The SMILES string of the molecule is Cc1cc(C)c(CNc2cc(N3CCCC3)ncn2)c(=O)[nH]1. The van der Waals surface area contributed by atoms with Crippen LogP contribution >= 0.6 is 0 Å². The summed E-state index contributed by atoms with van der Waals surface area (Å²) in [5.74, 6) is 1.70. The Bertz CT molecular complexity index is 719. The fraction of sp³-hybridized carbons (Fsp3) is 0.438. The zero-order valence-electron chi connectivity index (χ0n) is 13.0. The summed E-state index contributed by atoms with van der Waals surface area (Å²) < 4.78 is 0. The lowest BCUT2D eigenvalue weighted by Gasteiger charge is -2.16. The highest BCUT2D eigenvalue weighted by molar-refractivity contribution is 5.49. The molecule has 0 aromatic carbocycles. The first-order valence-corrected chi connectivity index (χ1v) is 7.64. The van der Waals surface area contributed by atoms with Gasteiger partial charge in [0.25, 0.3) is 5.56 Å². The number of aromatic amines is 1. The summed E-state index contributed by atoms with van der Waals surface area (Å²) in [5, 5.41) is 3.23. The van der Waals surface area contributed by atoms with Crippen molar-refractivity contribution >= 4 is 11.6 Å². The quantitative estimate of drug-likeness (QED) is 0.903. The van der Waals surface area contributed by atoms with E-state index in [0.29, 0.717) is 6.54 Å². The van der Waals surface area contributed by atoms with Crippen LogP contribution in [0.5, 0.6) is 0 Å². The molecule has 0 spiro atoms. The van der Waals surface area contributed by atoms with E-state index < -0.39 is 0 Å². The van der Waals surface area contributed by atoms with Crippen LogP contribution in [0.1, 0.15) is 29.7 Å². The van der Waals surface area contributed by atoms with Crippen molar-refractivity contribution in [1.29, 1.82) is 0 Å². The summed E-state index contributed by atoms with van der Waals surface area (Å²) in [6.45, 7) is 6.39. The first kappa shape index (κ1) is 14.6. The second-order valence-corrected chi connectivity index (χ2v) is 5.75. The minimum absolute atomic E-state index is 0.0428. The molecule has 0 amide bonds. The van der Waals surface area contributed by atoms with Crippen molar-refractivity contribution < 1.29 is 0 Å². The summed E-state index contributed by atoms with van der Waals surface area (Å²) in [4.78, 5) is 25.7. The monoisotopic (exact) mass is 299 g/mol. The van der Waals surface area contributed by atoms with Crippen LogP contribution in [0.15, 0.2) is 23.3 Å². The number of aromatic nitrogens is 3. The highest BCUT2D eigenvalue weighted by Crippen LogP contribution is 2.19. The zero-order chi connectivity index (χ0) is 15.5. The Labute approximate surface area is 129 Å². The Morgan fingerprint density at radius 2 is 2.00 bits per heavy atom. The Hall–Kier alpha value is -2.37. The van der Waals surface area contributed by atoms with Crippen molar-refractivity contribution in [1.82, 2.24) is 15.0 Å². The number of anilines is 2. The number of hydrogen-bond acceptors (Lipinski definition) is 5. The van der Waals surface area contributed by atoms with Crippen LogP contribution in [0, 0.1) is 13.8 Å². The Kier molecular flexibility index (Phi) is 4.09. The summed E-state index contributed by atoms with van der Waals surface area (Å²) >= 11 is 0. The molecule has 1 aliphatic rings. The predicted molar refractivity (Wildman–Crippen MR) is 87.3 cm³/mol. The molecular formula is C16H21N5O. The molecule has 3 rings (SSSR count). The molecule has 1 aliphatic heterocycles. The molecule has 2 aromatic rings. The molecule has 1 saturated heterocycles. The number of aryl methyl sites for hydroxylation is 2. The molecule has 0 saturated carbocycles. The lowest BCUT2D eigenvalue weighted by atomic mass is 10.1. The third-order valence-electron chi connectivity index (χ3n) is 4.02. The van der Waals surface area contributed by atoms with Gasteiger partial charge in [0, 0.05) is 37.0 Å². The summed E-state index contributed by atoms with van der Waals surface area (Å²) in [6, 6.07) is 3.93. The molecular weight excluding hydrogens is 278 g/mol. The molecule has 0 unspecified atom stereocenters. The molecule has 2 aromatic heterocycles. The normalized spacial score (nSPS) is 14.4. The van der Waals surface area contributed by atoms with Crippen molar-refractivity contribution in [2.24, 2.45) is 0 Å². The molecule has 116 valence electrons. The number of nitrogens with zero attached hydrogens (tertiary/aromatic N) is 3. The van der Waals surface area contributed by atoms with E-state index in [4.69, 9.17) is 0 Å². The van der Waals surface area contributed by atoms with Gasteiger partial charge in [-0.1, -0.05) is 0 Å². The standard InChI is InChI=1S/C16H21N5O/c1-11-7-12(2)20-16(22)13(11)9-17-14-8-15(19-10-18-14)21-5-3-4-6-21/h7-8,10H,3-6,9H2,1-2H3,(H,20,22)(H,17,18,19). The molecule has 0 radical (unpaired) electrons. The van der Waals surface area contributed by atoms with Crippen molar-refractivity contribution in [2.75, 3.05) is 23.3 Å². The third-order valence-corrected chi connectivity index (χ3v) is 4.02. The predicted octanol–water partition coefficient (Wildman–Crippen LogP) is 1.99. The van der Waals surface area contributed by atoms with Gasteiger partial charge in [0.05, 0.1) is 0 Å². The van der Waals surface area contributed by atoms with Crippen LogP contribution in [-0.2, 0) is 6.54 Å². The number of hydrogen-bond donors (Lipinski definition) is 2. The number of pyridine rings is 1. The molecule has 0 aliphatic carbocycles. The van der Waals surface area contributed by atoms with E-state index in [9.17, 15) is 4.79 Å². The summed E-state index contributed by atoms with van der Waals surface area (Å²) in [6.07, 6.45) is 4.00. The van der Waals surface area contributed by atoms with Crippen LogP contribution < -0.4 is 15.8 Å². The van der Waals surface area contributed by atoms with Crippen molar-refractivity contribution in [3.63, 3.8) is 0 Å². The number of H-pyrrole nitrogens is 1. The van der Waals surface area contributed by atoms with Gasteiger partial charge in [-0.15, -0.1) is 0 Å². The van der Waals surface area contributed by atoms with Gasteiger partial charge in [-0.3, -0.25) is 4.79 Å². The van der Waals surface area contributed by atoms with Crippen LogP contribution in [0.4, 0.5) is 11.6 Å². The van der Waals surface area contributed by atoms with E-state index in [2.05, 4.69) is 25.2 Å². The average Bonchev–Trinajstić information content (AvgIpc) is 3.00. The van der Waals surface area contributed by atoms with Crippen LogP contribution in [0.3, 0.4) is 0 Å². The van der Waals surface area contributed by atoms with Gasteiger partial charge in [0.1, 0.15) is 18.0 Å². The highest BCUT2D eigenvalue weighted by Gasteiger charge is 2.14. The Morgan fingerprint density at radius 3 is 2.73 bits per heavy atom.